The molecule has 2 aliphatic rings. The number of ketones is 1. The van der Waals surface area contributed by atoms with E-state index in [2.05, 4.69) is 11.1 Å². The van der Waals surface area contributed by atoms with Crippen LogP contribution in [0.15, 0.2) is 40.5 Å². The van der Waals surface area contributed by atoms with Gasteiger partial charge in [0.1, 0.15) is 5.75 Å². The molecule has 0 amide bonds. The molecule has 0 aromatic heterocycles. The molecule has 0 saturated carbocycles. The smallest absolute Gasteiger partial charge is 0.161 e. The zero-order chi connectivity index (χ0) is 15.0. The maximum atomic E-state index is 12.4. The number of nitriles is 1. The van der Waals surface area contributed by atoms with Crippen LogP contribution in [0.3, 0.4) is 0 Å². The lowest BCUT2D eigenvalue weighted by Crippen LogP contribution is -2.30. The molecule has 0 saturated heterocycles. The van der Waals surface area contributed by atoms with Crippen LogP contribution in [0.5, 0.6) is 5.75 Å². The predicted octanol–water partition coefficient (Wildman–Crippen LogP) is 3.10. The van der Waals surface area contributed by atoms with E-state index in [0.717, 1.165) is 29.8 Å². The van der Waals surface area contributed by atoms with Gasteiger partial charge in [-0.2, -0.15) is 5.26 Å². The summed E-state index contributed by atoms with van der Waals surface area (Å²) >= 11 is 0. The average molecular weight is 280 g/mol. The minimum Gasteiger partial charge on any atom is -0.508 e. The van der Waals surface area contributed by atoms with Gasteiger partial charge < -0.3 is 5.11 Å². The first-order chi connectivity index (χ1) is 10.1. The summed E-state index contributed by atoms with van der Waals surface area (Å²) in [6.07, 6.45) is 2.15. The summed E-state index contributed by atoms with van der Waals surface area (Å²) in [6, 6.07) is 9.06. The molecule has 0 radical (unpaired) electrons. The summed E-state index contributed by atoms with van der Waals surface area (Å²) in [5, 5.41) is 19.0. The van der Waals surface area contributed by atoms with E-state index >= 15 is 0 Å². The number of nitrogens with zero attached hydrogens (tertiary/aromatic N) is 2. The van der Waals surface area contributed by atoms with Crippen LogP contribution in [0, 0.1) is 17.2 Å². The van der Waals surface area contributed by atoms with Crippen molar-refractivity contribution in [1.82, 2.24) is 0 Å². The Labute approximate surface area is 123 Å². The molecule has 1 aliphatic heterocycles. The van der Waals surface area contributed by atoms with Crippen LogP contribution in [0.1, 0.15) is 37.7 Å². The van der Waals surface area contributed by atoms with E-state index in [-0.39, 0.29) is 17.5 Å². The second kappa shape index (κ2) is 5.17. The van der Waals surface area contributed by atoms with Crippen LogP contribution in [-0.4, -0.2) is 16.6 Å². The SMILES string of the molecule is CC1=NC2=C(C(=O)CCC2)[C@H](c2ccc(O)cc2)C1C#N. The van der Waals surface area contributed by atoms with Gasteiger partial charge in [-0.25, -0.2) is 0 Å². The summed E-state index contributed by atoms with van der Waals surface area (Å²) in [6.45, 7) is 1.85. The maximum Gasteiger partial charge on any atom is 0.161 e. The molecule has 21 heavy (non-hydrogen) atoms. The molecule has 0 bridgehead atoms. The number of hydrogen-bond donors (Lipinski definition) is 1. The molecule has 0 spiro atoms. The van der Waals surface area contributed by atoms with E-state index in [1.807, 2.05) is 6.92 Å². The Kier molecular flexibility index (Phi) is 3.34. The second-order valence-corrected chi connectivity index (χ2v) is 5.57. The van der Waals surface area contributed by atoms with Crippen LogP contribution >= 0.6 is 0 Å². The number of benzene rings is 1. The highest BCUT2D eigenvalue weighted by Crippen LogP contribution is 2.42. The van der Waals surface area contributed by atoms with Gasteiger partial charge in [-0.3, -0.25) is 9.79 Å². The third kappa shape index (κ3) is 2.25. The van der Waals surface area contributed by atoms with Gasteiger partial charge in [0.15, 0.2) is 5.78 Å². The van der Waals surface area contributed by atoms with Gasteiger partial charge in [0, 0.05) is 29.3 Å². The van der Waals surface area contributed by atoms with Crippen molar-refractivity contribution in [3.63, 3.8) is 0 Å². The Bertz CT molecular complexity index is 692. The number of carbonyl (C=O) groups excluding carboxylic acids is 1. The molecule has 0 fully saturated rings. The van der Waals surface area contributed by atoms with Gasteiger partial charge in [0.2, 0.25) is 0 Å². The van der Waals surface area contributed by atoms with Crippen molar-refractivity contribution >= 4 is 11.5 Å². The van der Waals surface area contributed by atoms with E-state index in [1.54, 1.807) is 24.3 Å². The fraction of sp³-hybridized carbons (Fsp3) is 0.353. The summed E-state index contributed by atoms with van der Waals surface area (Å²) < 4.78 is 0. The molecular formula is C17H16N2O2. The van der Waals surface area contributed by atoms with E-state index in [9.17, 15) is 15.2 Å². The number of carbonyl (C=O) groups is 1. The van der Waals surface area contributed by atoms with Gasteiger partial charge in [-0.15, -0.1) is 0 Å². The second-order valence-electron chi connectivity index (χ2n) is 5.57. The minimum atomic E-state index is -0.421. The van der Waals surface area contributed by atoms with Crippen molar-refractivity contribution in [3.8, 4) is 11.8 Å². The summed E-state index contributed by atoms with van der Waals surface area (Å²) in [5.74, 6) is -0.408. The largest absolute Gasteiger partial charge is 0.508 e. The topological polar surface area (TPSA) is 73.4 Å². The summed E-state index contributed by atoms with van der Waals surface area (Å²) in [4.78, 5) is 16.9. The fourth-order valence-corrected chi connectivity index (χ4v) is 3.21. The molecule has 1 heterocycles. The lowest BCUT2D eigenvalue weighted by atomic mass is 9.72. The van der Waals surface area contributed by atoms with Crippen molar-refractivity contribution in [2.24, 2.45) is 10.9 Å². The standard InChI is InChI=1S/C17H16N2O2/c1-10-13(9-18)16(11-5-7-12(20)8-6-11)17-14(19-10)3-2-4-15(17)21/h5-8,13,16,20H,2-4H2,1H3/t13?,16-/m1/s1. The quantitative estimate of drug-likeness (QED) is 0.859. The highest BCUT2D eigenvalue weighted by atomic mass is 16.3. The molecule has 1 aromatic rings. The Hall–Kier alpha value is -2.41. The van der Waals surface area contributed by atoms with Gasteiger partial charge >= 0.3 is 0 Å². The zero-order valence-electron chi connectivity index (χ0n) is 11.8. The molecule has 3 rings (SSSR count). The van der Waals surface area contributed by atoms with E-state index in [1.165, 1.54) is 0 Å². The molecule has 1 aliphatic carbocycles. The Morgan fingerprint density at radius 2 is 2.00 bits per heavy atom. The number of phenols is 1. The molecule has 1 unspecified atom stereocenters. The van der Waals surface area contributed by atoms with Crippen LogP contribution in [-0.2, 0) is 4.79 Å². The lowest BCUT2D eigenvalue weighted by Gasteiger charge is -2.32. The Balaban J connectivity index is 2.16. The summed E-state index contributed by atoms with van der Waals surface area (Å²) in [7, 11) is 0. The number of phenolic OH excluding ortho intramolecular Hbond substituents is 1. The van der Waals surface area contributed by atoms with Gasteiger partial charge in [-0.1, -0.05) is 12.1 Å². The molecule has 4 nitrogen and oxygen atoms in total. The fourth-order valence-electron chi connectivity index (χ4n) is 3.21. The highest BCUT2D eigenvalue weighted by Gasteiger charge is 2.38. The van der Waals surface area contributed by atoms with Gasteiger partial charge in [-0.05, 0) is 37.5 Å². The normalized spacial score (nSPS) is 25.1. The third-order valence-corrected chi connectivity index (χ3v) is 4.23. The van der Waals surface area contributed by atoms with Crippen molar-refractivity contribution in [3.05, 3.63) is 41.1 Å². The number of hydrogen-bond acceptors (Lipinski definition) is 4. The first kappa shape index (κ1) is 13.6. The van der Waals surface area contributed by atoms with E-state index < -0.39 is 5.92 Å². The number of aliphatic imine (C=N–C) groups is 1. The Morgan fingerprint density at radius 3 is 2.67 bits per heavy atom. The number of allylic oxidation sites excluding steroid dienone is 2. The average Bonchev–Trinajstić information content (AvgIpc) is 2.47. The molecular weight excluding hydrogens is 264 g/mol. The zero-order valence-corrected chi connectivity index (χ0v) is 11.8. The monoisotopic (exact) mass is 280 g/mol. The predicted molar refractivity (Wildman–Crippen MR) is 78.9 cm³/mol. The molecule has 106 valence electrons. The van der Waals surface area contributed by atoms with Crippen LogP contribution in [0.2, 0.25) is 0 Å². The summed E-state index contributed by atoms with van der Waals surface area (Å²) in [5.41, 5.74) is 3.19. The molecule has 1 N–H and O–H groups in total. The highest BCUT2D eigenvalue weighted by molar-refractivity contribution is 6.02. The number of rotatable bonds is 1. The number of aromatic hydroxyl groups is 1. The lowest BCUT2D eigenvalue weighted by molar-refractivity contribution is -0.116. The van der Waals surface area contributed by atoms with Crippen LogP contribution in [0.25, 0.3) is 0 Å². The number of Topliss-reactive ketones (excluding diaryl/α,β-unsaturated/α-hetero) is 1. The van der Waals surface area contributed by atoms with E-state index in [4.69, 9.17) is 0 Å². The van der Waals surface area contributed by atoms with Gasteiger partial charge in [0.05, 0.1) is 12.0 Å². The maximum absolute atomic E-state index is 12.4. The minimum absolute atomic E-state index is 0.103. The van der Waals surface area contributed by atoms with Crippen molar-refractivity contribution < 1.29 is 9.90 Å². The molecule has 2 atom stereocenters. The van der Waals surface area contributed by atoms with Crippen molar-refractivity contribution in [2.75, 3.05) is 0 Å². The first-order valence-electron chi connectivity index (χ1n) is 7.12. The van der Waals surface area contributed by atoms with E-state index in [0.29, 0.717) is 12.0 Å². The van der Waals surface area contributed by atoms with Crippen molar-refractivity contribution in [1.29, 1.82) is 5.26 Å². The molecule has 4 heteroatoms. The van der Waals surface area contributed by atoms with Crippen molar-refractivity contribution in [2.45, 2.75) is 32.1 Å². The molecule has 1 aromatic carbocycles. The van der Waals surface area contributed by atoms with Crippen LogP contribution < -0.4 is 0 Å². The van der Waals surface area contributed by atoms with Gasteiger partial charge in [0.25, 0.3) is 0 Å². The third-order valence-electron chi connectivity index (χ3n) is 4.23. The Morgan fingerprint density at radius 1 is 1.29 bits per heavy atom. The van der Waals surface area contributed by atoms with Crippen LogP contribution in [0.4, 0.5) is 0 Å². The first-order valence-corrected chi connectivity index (χ1v) is 7.12.